The highest BCUT2D eigenvalue weighted by atomic mass is 35.5. The number of rotatable bonds is 7. The first-order valence-corrected chi connectivity index (χ1v) is 7.67. The quantitative estimate of drug-likeness (QED) is 0.550. The van der Waals surface area contributed by atoms with Gasteiger partial charge in [0, 0.05) is 11.6 Å². The van der Waals surface area contributed by atoms with Crippen molar-refractivity contribution in [3.05, 3.63) is 70.7 Å². The van der Waals surface area contributed by atoms with Crippen LogP contribution in [0.3, 0.4) is 0 Å². The van der Waals surface area contributed by atoms with Crippen molar-refractivity contribution in [1.82, 2.24) is 0 Å². The van der Waals surface area contributed by atoms with Crippen molar-refractivity contribution in [3.8, 4) is 0 Å². The number of carbonyl (C=O) groups excluding carboxylic acids is 1. The van der Waals surface area contributed by atoms with Gasteiger partial charge in [0.05, 0.1) is 12.2 Å². The Morgan fingerprint density at radius 1 is 1.14 bits per heavy atom. The van der Waals surface area contributed by atoms with Gasteiger partial charge in [0.25, 0.3) is 0 Å². The Hall–Kier alpha value is -1.84. The molecule has 0 amide bonds. The zero-order chi connectivity index (χ0) is 15.8. The van der Waals surface area contributed by atoms with E-state index in [-0.39, 0.29) is 0 Å². The summed E-state index contributed by atoms with van der Waals surface area (Å²) in [6.45, 7) is 3.01. The minimum absolute atomic E-state index is 0.337. The van der Waals surface area contributed by atoms with Gasteiger partial charge in [0.2, 0.25) is 0 Å². The Morgan fingerprint density at radius 2 is 1.91 bits per heavy atom. The van der Waals surface area contributed by atoms with Crippen LogP contribution in [0, 0.1) is 0 Å². The lowest BCUT2D eigenvalue weighted by atomic mass is 10.1. The predicted octanol–water partition coefficient (Wildman–Crippen LogP) is 4.66. The van der Waals surface area contributed by atoms with E-state index < -0.39 is 12.1 Å². The zero-order valence-electron chi connectivity index (χ0n) is 12.5. The van der Waals surface area contributed by atoms with Crippen LogP contribution in [-0.2, 0) is 9.47 Å². The Balaban J connectivity index is 2.10. The van der Waals surface area contributed by atoms with Crippen LogP contribution in [-0.4, -0.2) is 19.2 Å². The molecule has 3 nitrogen and oxygen atoms in total. The van der Waals surface area contributed by atoms with Gasteiger partial charge in [-0.05, 0) is 30.2 Å². The fourth-order valence-corrected chi connectivity index (χ4v) is 2.20. The van der Waals surface area contributed by atoms with E-state index >= 15 is 0 Å². The molecule has 116 valence electrons. The molecule has 0 aromatic heterocycles. The summed E-state index contributed by atoms with van der Waals surface area (Å²) < 4.78 is 11.2. The zero-order valence-corrected chi connectivity index (χ0v) is 13.3. The highest BCUT2D eigenvalue weighted by Gasteiger charge is 2.18. The van der Waals surface area contributed by atoms with Crippen molar-refractivity contribution < 1.29 is 14.3 Å². The Labute approximate surface area is 135 Å². The van der Waals surface area contributed by atoms with Crippen LogP contribution in [0.15, 0.2) is 54.6 Å². The molecule has 0 spiro atoms. The van der Waals surface area contributed by atoms with Crippen LogP contribution < -0.4 is 0 Å². The summed E-state index contributed by atoms with van der Waals surface area (Å²) in [5.74, 6) is -0.406. The van der Waals surface area contributed by atoms with E-state index in [1.807, 2.05) is 37.3 Å². The van der Waals surface area contributed by atoms with Crippen molar-refractivity contribution in [1.29, 1.82) is 0 Å². The van der Waals surface area contributed by atoms with Gasteiger partial charge in [0.15, 0.2) is 6.10 Å². The van der Waals surface area contributed by atoms with E-state index in [4.69, 9.17) is 21.1 Å². The average Bonchev–Trinajstić information content (AvgIpc) is 2.55. The molecule has 2 rings (SSSR count). The van der Waals surface area contributed by atoms with Crippen LogP contribution in [0.25, 0.3) is 0 Å². The van der Waals surface area contributed by atoms with E-state index in [1.165, 1.54) is 0 Å². The first-order chi connectivity index (χ1) is 10.7. The summed E-state index contributed by atoms with van der Waals surface area (Å²) in [4.78, 5) is 12.3. The topological polar surface area (TPSA) is 35.5 Å². The van der Waals surface area contributed by atoms with Crippen molar-refractivity contribution in [2.75, 3.05) is 13.2 Å². The van der Waals surface area contributed by atoms with Crippen LogP contribution in [0.1, 0.15) is 35.4 Å². The maximum absolute atomic E-state index is 12.3. The van der Waals surface area contributed by atoms with Gasteiger partial charge in [-0.2, -0.15) is 0 Å². The molecule has 2 aromatic rings. The molecule has 0 N–H and O–H groups in total. The molecule has 0 heterocycles. The molecular weight excluding hydrogens is 300 g/mol. The van der Waals surface area contributed by atoms with Crippen molar-refractivity contribution in [2.24, 2.45) is 0 Å². The predicted molar refractivity (Wildman–Crippen MR) is 87.2 cm³/mol. The van der Waals surface area contributed by atoms with E-state index in [9.17, 15) is 4.79 Å². The second-order valence-electron chi connectivity index (χ2n) is 4.89. The number of hydrogen-bond acceptors (Lipinski definition) is 3. The molecule has 0 aliphatic carbocycles. The normalized spacial score (nSPS) is 11.9. The molecule has 2 aromatic carbocycles. The van der Waals surface area contributed by atoms with E-state index in [1.54, 1.807) is 24.3 Å². The highest BCUT2D eigenvalue weighted by molar-refractivity contribution is 6.30. The van der Waals surface area contributed by atoms with Gasteiger partial charge in [-0.3, -0.25) is 0 Å². The van der Waals surface area contributed by atoms with Crippen LogP contribution in [0.5, 0.6) is 0 Å². The summed E-state index contributed by atoms with van der Waals surface area (Å²) in [5, 5.41) is 0.507. The number of hydrogen-bond donors (Lipinski definition) is 0. The highest BCUT2D eigenvalue weighted by Crippen LogP contribution is 2.21. The number of carbonyl (C=O) groups is 1. The third-order valence-corrected chi connectivity index (χ3v) is 3.33. The third kappa shape index (κ3) is 4.86. The van der Waals surface area contributed by atoms with Crippen LogP contribution >= 0.6 is 11.6 Å². The first kappa shape index (κ1) is 16.5. The van der Waals surface area contributed by atoms with Gasteiger partial charge in [0.1, 0.15) is 0 Å². The smallest absolute Gasteiger partial charge is 0.338 e. The van der Waals surface area contributed by atoms with Gasteiger partial charge >= 0.3 is 5.97 Å². The minimum Gasteiger partial charge on any atom is -0.451 e. The summed E-state index contributed by atoms with van der Waals surface area (Å²) in [6, 6.07) is 16.3. The van der Waals surface area contributed by atoms with Gasteiger partial charge in [-0.25, -0.2) is 4.79 Å². The molecule has 0 fully saturated rings. The lowest BCUT2D eigenvalue weighted by molar-refractivity contribution is -0.00520. The maximum atomic E-state index is 12.3. The monoisotopic (exact) mass is 318 g/mol. The molecule has 0 saturated carbocycles. The number of halogens is 1. The summed E-state index contributed by atoms with van der Waals surface area (Å²) in [5.41, 5.74) is 1.35. The molecule has 0 radical (unpaired) electrons. The molecule has 1 atom stereocenters. The van der Waals surface area contributed by atoms with Crippen molar-refractivity contribution >= 4 is 17.6 Å². The van der Waals surface area contributed by atoms with E-state index in [0.29, 0.717) is 23.8 Å². The standard InChI is InChI=1S/C18H19ClO3/c1-2-11-21-13-17(14-7-4-3-5-8-14)22-18(20)15-9-6-10-16(19)12-15/h3-10,12,17H,2,11,13H2,1H3. The van der Waals surface area contributed by atoms with Crippen LogP contribution in [0.2, 0.25) is 5.02 Å². The summed E-state index contributed by atoms with van der Waals surface area (Å²) >= 11 is 5.91. The molecular formula is C18H19ClO3. The van der Waals surface area contributed by atoms with E-state index in [0.717, 1.165) is 12.0 Å². The van der Waals surface area contributed by atoms with Gasteiger partial charge in [-0.15, -0.1) is 0 Å². The SMILES string of the molecule is CCCOCC(OC(=O)c1cccc(Cl)c1)c1ccccc1. The number of ether oxygens (including phenoxy) is 2. The van der Waals surface area contributed by atoms with Gasteiger partial charge in [-0.1, -0.05) is 54.9 Å². The fraction of sp³-hybridized carbons (Fsp3) is 0.278. The molecule has 1 unspecified atom stereocenters. The fourth-order valence-electron chi connectivity index (χ4n) is 2.01. The average molecular weight is 319 g/mol. The molecule has 0 saturated heterocycles. The minimum atomic E-state index is -0.431. The Kier molecular flexibility index (Phi) is 6.44. The molecule has 0 aliphatic rings. The van der Waals surface area contributed by atoms with E-state index in [2.05, 4.69) is 0 Å². The summed E-state index contributed by atoms with van der Waals surface area (Å²) in [7, 11) is 0. The Morgan fingerprint density at radius 3 is 2.59 bits per heavy atom. The second kappa shape index (κ2) is 8.57. The largest absolute Gasteiger partial charge is 0.451 e. The Bertz CT molecular complexity index is 598. The summed E-state index contributed by atoms with van der Waals surface area (Å²) in [6.07, 6.45) is 0.489. The van der Waals surface area contributed by atoms with Crippen molar-refractivity contribution in [3.63, 3.8) is 0 Å². The molecule has 4 heteroatoms. The lowest BCUT2D eigenvalue weighted by Crippen LogP contribution is -2.17. The molecule has 0 aliphatic heterocycles. The maximum Gasteiger partial charge on any atom is 0.338 e. The first-order valence-electron chi connectivity index (χ1n) is 7.30. The number of esters is 1. The second-order valence-corrected chi connectivity index (χ2v) is 5.33. The molecule has 22 heavy (non-hydrogen) atoms. The lowest BCUT2D eigenvalue weighted by Gasteiger charge is -2.18. The van der Waals surface area contributed by atoms with Crippen LogP contribution in [0.4, 0.5) is 0 Å². The third-order valence-electron chi connectivity index (χ3n) is 3.10. The number of benzene rings is 2. The van der Waals surface area contributed by atoms with Crippen molar-refractivity contribution in [2.45, 2.75) is 19.4 Å². The molecule has 0 bridgehead atoms. The van der Waals surface area contributed by atoms with Gasteiger partial charge < -0.3 is 9.47 Å².